The third-order valence-electron chi connectivity index (χ3n) is 3.37. The molecule has 0 amide bonds. The molecule has 0 aromatic heterocycles. The molecule has 23 heavy (non-hydrogen) atoms. The Bertz CT molecular complexity index is 751. The molecule has 4 nitrogen and oxygen atoms in total. The molecule has 3 aromatic rings. The molecule has 0 radical (unpaired) electrons. The molecular formula is C19H18N2O2. The van der Waals surface area contributed by atoms with E-state index >= 15 is 0 Å². The SMILES string of the molecule is Nc1cccc(N)c1Oc1ccc(OCc2ccccc2)cc1. The molecule has 0 aliphatic rings. The second kappa shape index (κ2) is 6.75. The van der Waals surface area contributed by atoms with Crippen LogP contribution >= 0.6 is 0 Å². The molecule has 4 heteroatoms. The number of nitrogens with two attached hydrogens (primary N) is 2. The summed E-state index contributed by atoms with van der Waals surface area (Å²) in [6.07, 6.45) is 0. The molecule has 0 atom stereocenters. The van der Waals surface area contributed by atoms with Gasteiger partial charge in [-0.15, -0.1) is 0 Å². The number of ether oxygens (including phenoxy) is 2. The van der Waals surface area contributed by atoms with E-state index in [-0.39, 0.29) is 0 Å². The molecule has 0 fully saturated rings. The first-order valence-corrected chi connectivity index (χ1v) is 7.31. The van der Waals surface area contributed by atoms with E-state index in [9.17, 15) is 0 Å². The van der Waals surface area contributed by atoms with Gasteiger partial charge in [-0.3, -0.25) is 0 Å². The van der Waals surface area contributed by atoms with Crippen LogP contribution in [0.1, 0.15) is 5.56 Å². The highest BCUT2D eigenvalue weighted by molar-refractivity contribution is 5.67. The summed E-state index contributed by atoms with van der Waals surface area (Å²) in [5, 5.41) is 0. The summed E-state index contributed by atoms with van der Waals surface area (Å²) < 4.78 is 11.5. The monoisotopic (exact) mass is 306 g/mol. The number of rotatable bonds is 5. The van der Waals surface area contributed by atoms with Gasteiger partial charge in [-0.05, 0) is 42.0 Å². The smallest absolute Gasteiger partial charge is 0.173 e. The molecule has 0 spiro atoms. The van der Waals surface area contributed by atoms with E-state index in [1.54, 1.807) is 18.2 Å². The lowest BCUT2D eigenvalue weighted by Gasteiger charge is -2.11. The number of para-hydroxylation sites is 1. The van der Waals surface area contributed by atoms with E-state index in [1.165, 1.54) is 0 Å². The summed E-state index contributed by atoms with van der Waals surface area (Å²) >= 11 is 0. The number of hydrogen-bond acceptors (Lipinski definition) is 4. The molecule has 0 heterocycles. The van der Waals surface area contributed by atoms with Gasteiger partial charge in [0.15, 0.2) is 5.75 Å². The standard InChI is InChI=1S/C19H18N2O2/c20-17-7-4-8-18(21)19(17)23-16-11-9-15(10-12-16)22-13-14-5-2-1-3-6-14/h1-12H,13,20-21H2. The topological polar surface area (TPSA) is 70.5 Å². The van der Waals surface area contributed by atoms with Crippen LogP contribution in [0.25, 0.3) is 0 Å². The van der Waals surface area contributed by atoms with Gasteiger partial charge in [0.05, 0.1) is 11.4 Å². The third kappa shape index (κ3) is 3.74. The van der Waals surface area contributed by atoms with Crippen LogP contribution < -0.4 is 20.9 Å². The van der Waals surface area contributed by atoms with Crippen molar-refractivity contribution in [2.45, 2.75) is 6.61 Å². The Hall–Kier alpha value is -3.14. The Morgan fingerprint density at radius 3 is 1.91 bits per heavy atom. The molecular weight excluding hydrogens is 288 g/mol. The van der Waals surface area contributed by atoms with Gasteiger partial charge in [0.2, 0.25) is 0 Å². The largest absolute Gasteiger partial charge is 0.489 e. The van der Waals surface area contributed by atoms with E-state index < -0.39 is 0 Å². The lowest BCUT2D eigenvalue weighted by molar-refractivity contribution is 0.306. The quantitative estimate of drug-likeness (QED) is 0.692. The molecule has 0 bridgehead atoms. The Morgan fingerprint density at radius 2 is 1.26 bits per heavy atom. The molecule has 0 unspecified atom stereocenters. The van der Waals surface area contributed by atoms with E-state index in [1.807, 2.05) is 54.6 Å². The number of anilines is 2. The van der Waals surface area contributed by atoms with Gasteiger partial charge in [0.25, 0.3) is 0 Å². The lowest BCUT2D eigenvalue weighted by Crippen LogP contribution is -1.97. The molecule has 0 saturated heterocycles. The second-order valence-electron chi connectivity index (χ2n) is 5.11. The minimum absolute atomic E-state index is 0.477. The van der Waals surface area contributed by atoms with Crippen LogP contribution in [0.3, 0.4) is 0 Å². The van der Waals surface area contributed by atoms with Gasteiger partial charge in [-0.1, -0.05) is 36.4 Å². The maximum Gasteiger partial charge on any atom is 0.173 e. The minimum Gasteiger partial charge on any atom is -0.489 e. The molecule has 0 saturated carbocycles. The van der Waals surface area contributed by atoms with Crippen LogP contribution in [0.5, 0.6) is 17.2 Å². The van der Waals surface area contributed by atoms with Crippen molar-refractivity contribution in [3.05, 3.63) is 78.4 Å². The van der Waals surface area contributed by atoms with Gasteiger partial charge < -0.3 is 20.9 Å². The van der Waals surface area contributed by atoms with E-state index in [0.29, 0.717) is 29.5 Å². The average Bonchev–Trinajstić information content (AvgIpc) is 2.58. The normalized spacial score (nSPS) is 10.3. The van der Waals surface area contributed by atoms with Crippen LogP contribution in [0.4, 0.5) is 11.4 Å². The van der Waals surface area contributed by atoms with Gasteiger partial charge in [-0.25, -0.2) is 0 Å². The summed E-state index contributed by atoms with van der Waals surface area (Å²) in [5.41, 5.74) is 13.9. The van der Waals surface area contributed by atoms with E-state index in [2.05, 4.69) is 0 Å². The minimum atomic E-state index is 0.477. The zero-order chi connectivity index (χ0) is 16.1. The summed E-state index contributed by atoms with van der Waals surface area (Å²) in [7, 11) is 0. The van der Waals surface area contributed by atoms with E-state index in [4.69, 9.17) is 20.9 Å². The van der Waals surface area contributed by atoms with Crippen molar-refractivity contribution in [1.29, 1.82) is 0 Å². The fourth-order valence-electron chi connectivity index (χ4n) is 2.15. The number of hydrogen-bond donors (Lipinski definition) is 2. The summed E-state index contributed by atoms with van der Waals surface area (Å²) in [6, 6.07) is 22.7. The highest BCUT2D eigenvalue weighted by atomic mass is 16.5. The van der Waals surface area contributed by atoms with Crippen LogP contribution in [0, 0.1) is 0 Å². The average molecular weight is 306 g/mol. The molecule has 116 valence electrons. The predicted molar refractivity (Wildman–Crippen MR) is 92.6 cm³/mol. The van der Waals surface area contributed by atoms with Gasteiger partial charge in [0.1, 0.15) is 18.1 Å². The van der Waals surface area contributed by atoms with Crippen molar-refractivity contribution in [2.24, 2.45) is 0 Å². The van der Waals surface area contributed by atoms with Crippen molar-refractivity contribution in [3.63, 3.8) is 0 Å². The molecule has 3 rings (SSSR count). The fraction of sp³-hybridized carbons (Fsp3) is 0.0526. The van der Waals surface area contributed by atoms with Crippen LogP contribution in [0.15, 0.2) is 72.8 Å². The van der Waals surface area contributed by atoms with Crippen molar-refractivity contribution >= 4 is 11.4 Å². The van der Waals surface area contributed by atoms with E-state index in [0.717, 1.165) is 11.3 Å². The van der Waals surface area contributed by atoms with Crippen LogP contribution in [-0.4, -0.2) is 0 Å². The Labute approximate surface area is 135 Å². The second-order valence-corrected chi connectivity index (χ2v) is 5.11. The maximum absolute atomic E-state index is 5.88. The Balaban J connectivity index is 1.65. The van der Waals surface area contributed by atoms with Gasteiger partial charge in [-0.2, -0.15) is 0 Å². The van der Waals surface area contributed by atoms with Crippen LogP contribution in [-0.2, 0) is 6.61 Å². The predicted octanol–water partition coefficient (Wildman–Crippen LogP) is 4.22. The van der Waals surface area contributed by atoms with Crippen LogP contribution in [0.2, 0.25) is 0 Å². The Kier molecular flexibility index (Phi) is 4.34. The van der Waals surface area contributed by atoms with Crippen molar-refractivity contribution < 1.29 is 9.47 Å². The van der Waals surface area contributed by atoms with Gasteiger partial charge in [0, 0.05) is 0 Å². The number of nitrogen functional groups attached to an aromatic ring is 2. The fourth-order valence-corrected chi connectivity index (χ4v) is 2.15. The Morgan fingerprint density at radius 1 is 0.652 bits per heavy atom. The first-order valence-electron chi connectivity index (χ1n) is 7.31. The third-order valence-corrected chi connectivity index (χ3v) is 3.37. The van der Waals surface area contributed by atoms with Crippen molar-refractivity contribution in [2.75, 3.05) is 11.5 Å². The highest BCUT2D eigenvalue weighted by Crippen LogP contribution is 2.33. The first kappa shape index (κ1) is 14.8. The molecule has 4 N–H and O–H groups in total. The molecule has 3 aromatic carbocycles. The summed E-state index contributed by atoms with van der Waals surface area (Å²) in [5.74, 6) is 1.90. The summed E-state index contributed by atoms with van der Waals surface area (Å²) in [4.78, 5) is 0. The van der Waals surface area contributed by atoms with Crippen molar-refractivity contribution in [1.82, 2.24) is 0 Å². The molecule has 0 aliphatic carbocycles. The zero-order valence-electron chi connectivity index (χ0n) is 12.6. The first-order chi connectivity index (χ1) is 11.2. The maximum atomic E-state index is 5.88. The zero-order valence-corrected chi connectivity index (χ0v) is 12.6. The van der Waals surface area contributed by atoms with Crippen molar-refractivity contribution in [3.8, 4) is 17.2 Å². The summed E-state index contributed by atoms with van der Waals surface area (Å²) in [6.45, 7) is 0.527. The molecule has 0 aliphatic heterocycles. The number of benzene rings is 3. The van der Waals surface area contributed by atoms with Gasteiger partial charge >= 0.3 is 0 Å². The highest BCUT2D eigenvalue weighted by Gasteiger charge is 2.06. The lowest BCUT2D eigenvalue weighted by atomic mass is 10.2.